The van der Waals surface area contributed by atoms with Crippen molar-refractivity contribution in [1.29, 1.82) is 0 Å². The quantitative estimate of drug-likeness (QED) is 0.827. The number of amides is 2. The van der Waals surface area contributed by atoms with Gasteiger partial charge in [-0.25, -0.2) is 13.2 Å². The highest BCUT2D eigenvalue weighted by atomic mass is 35.5. The van der Waals surface area contributed by atoms with E-state index in [1.807, 2.05) is 12.1 Å². The number of hydrogen-bond acceptors (Lipinski definition) is 4. The van der Waals surface area contributed by atoms with Crippen LogP contribution >= 0.6 is 11.6 Å². The van der Waals surface area contributed by atoms with Gasteiger partial charge in [-0.1, -0.05) is 17.7 Å². The second kappa shape index (κ2) is 8.07. The highest BCUT2D eigenvalue weighted by Gasteiger charge is 2.31. The number of nitrogens with one attached hydrogen (secondary N) is 2. The molecule has 1 aliphatic heterocycles. The predicted molar refractivity (Wildman–Crippen MR) is 94.5 cm³/mol. The number of benzene rings is 1. The van der Waals surface area contributed by atoms with Gasteiger partial charge in [0.05, 0.1) is 18.1 Å². The fraction of sp³-hybridized carbons (Fsp3) is 0.562. The molecule has 134 valence electrons. The van der Waals surface area contributed by atoms with Crippen molar-refractivity contribution in [3.05, 3.63) is 28.8 Å². The molecule has 2 atom stereocenters. The van der Waals surface area contributed by atoms with Crippen LogP contribution in [0, 0.1) is 0 Å². The number of carbonyl (C=O) groups is 1. The molecule has 1 heterocycles. The summed E-state index contributed by atoms with van der Waals surface area (Å²) in [6.07, 6.45) is 1.84. The van der Waals surface area contributed by atoms with Gasteiger partial charge in [0.2, 0.25) is 0 Å². The van der Waals surface area contributed by atoms with Gasteiger partial charge in [-0.05, 0) is 43.9 Å². The maximum atomic E-state index is 11.9. The second-order valence-electron chi connectivity index (χ2n) is 6.02. The normalized spacial score (nSPS) is 22.6. The van der Waals surface area contributed by atoms with Crippen LogP contribution < -0.4 is 15.4 Å². The zero-order valence-corrected chi connectivity index (χ0v) is 15.4. The summed E-state index contributed by atoms with van der Waals surface area (Å²) >= 11 is 6.15. The summed E-state index contributed by atoms with van der Waals surface area (Å²) in [5.74, 6) is 0.688. The summed E-state index contributed by atoms with van der Waals surface area (Å²) in [5.41, 5.74) is 0.909. The largest absolute Gasteiger partial charge is 0.497 e. The van der Waals surface area contributed by atoms with Gasteiger partial charge >= 0.3 is 6.03 Å². The van der Waals surface area contributed by atoms with E-state index in [1.54, 1.807) is 20.1 Å². The van der Waals surface area contributed by atoms with E-state index in [1.165, 1.54) is 0 Å². The first kappa shape index (κ1) is 18.9. The Morgan fingerprint density at radius 2 is 2.12 bits per heavy atom. The Bertz CT molecular complexity index is 693. The van der Waals surface area contributed by atoms with Crippen LogP contribution in [-0.2, 0) is 16.3 Å². The van der Waals surface area contributed by atoms with Crippen molar-refractivity contribution in [3.63, 3.8) is 0 Å². The van der Waals surface area contributed by atoms with Gasteiger partial charge in [-0.15, -0.1) is 0 Å². The predicted octanol–water partition coefficient (Wildman–Crippen LogP) is 2.16. The standard InChI is InChI=1S/C16H23ClN2O4S/c1-11-3-5-13(10-24(11,21)22)19-16(20)18-8-7-12-4-6-14(23-2)9-15(12)17/h4,6,9,11,13H,3,5,7-8,10H2,1-2H3,(H2,18,19,20). The molecular weight excluding hydrogens is 352 g/mol. The fourth-order valence-corrected chi connectivity index (χ4v) is 4.56. The molecule has 1 aliphatic rings. The van der Waals surface area contributed by atoms with Gasteiger partial charge in [0, 0.05) is 17.6 Å². The zero-order chi connectivity index (χ0) is 17.7. The Morgan fingerprint density at radius 3 is 2.75 bits per heavy atom. The number of carbonyl (C=O) groups excluding carboxylic acids is 1. The summed E-state index contributed by atoms with van der Waals surface area (Å²) in [6, 6.07) is 4.72. The average molecular weight is 375 g/mol. The van der Waals surface area contributed by atoms with E-state index >= 15 is 0 Å². The second-order valence-corrected chi connectivity index (χ2v) is 8.89. The molecule has 1 fully saturated rings. The van der Waals surface area contributed by atoms with Crippen molar-refractivity contribution in [2.24, 2.45) is 0 Å². The summed E-state index contributed by atoms with van der Waals surface area (Å²) in [4.78, 5) is 11.9. The van der Waals surface area contributed by atoms with E-state index in [9.17, 15) is 13.2 Å². The minimum Gasteiger partial charge on any atom is -0.497 e. The summed E-state index contributed by atoms with van der Waals surface area (Å²) in [6.45, 7) is 2.12. The van der Waals surface area contributed by atoms with E-state index in [0.29, 0.717) is 36.6 Å². The number of sulfone groups is 1. The van der Waals surface area contributed by atoms with Crippen molar-refractivity contribution in [3.8, 4) is 5.75 Å². The van der Waals surface area contributed by atoms with Gasteiger partial charge in [0.1, 0.15) is 5.75 Å². The first-order chi connectivity index (χ1) is 11.3. The van der Waals surface area contributed by atoms with Gasteiger partial charge in [0.15, 0.2) is 9.84 Å². The number of ether oxygens (including phenoxy) is 1. The molecule has 1 aromatic rings. The average Bonchev–Trinajstić information content (AvgIpc) is 2.52. The highest BCUT2D eigenvalue weighted by molar-refractivity contribution is 7.92. The number of methoxy groups -OCH3 is 1. The lowest BCUT2D eigenvalue weighted by Crippen LogP contribution is -2.49. The van der Waals surface area contributed by atoms with Crippen LogP contribution in [0.15, 0.2) is 18.2 Å². The SMILES string of the molecule is COc1ccc(CCNC(=O)NC2CCC(C)S(=O)(=O)C2)c(Cl)c1. The highest BCUT2D eigenvalue weighted by Crippen LogP contribution is 2.22. The Hall–Kier alpha value is -1.47. The lowest BCUT2D eigenvalue weighted by atomic mass is 10.1. The molecule has 0 aliphatic carbocycles. The first-order valence-electron chi connectivity index (χ1n) is 7.90. The fourth-order valence-electron chi connectivity index (χ4n) is 2.66. The summed E-state index contributed by atoms with van der Waals surface area (Å²) < 4.78 is 28.8. The Kier molecular flexibility index (Phi) is 6.34. The lowest BCUT2D eigenvalue weighted by molar-refractivity contribution is 0.237. The molecule has 0 bridgehead atoms. The summed E-state index contributed by atoms with van der Waals surface area (Å²) in [5, 5.41) is 5.73. The third kappa shape index (κ3) is 5.01. The van der Waals surface area contributed by atoms with Crippen LogP contribution in [0.2, 0.25) is 5.02 Å². The molecular formula is C16H23ClN2O4S. The molecule has 2 unspecified atom stereocenters. The van der Waals surface area contributed by atoms with Crippen LogP contribution in [0.5, 0.6) is 5.75 Å². The van der Waals surface area contributed by atoms with E-state index < -0.39 is 9.84 Å². The smallest absolute Gasteiger partial charge is 0.315 e. The van der Waals surface area contributed by atoms with E-state index in [0.717, 1.165) is 5.56 Å². The zero-order valence-electron chi connectivity index (χ0n) is 13.8. The van der Waals surface area contributed by atoms with Crippen LogP contribution in [0.3, 0.4) is 0 Å². The van der Waals surface area contributed by atoms with Crippen molar-refractivity contribution in [2.75, 3.05) is 19.4 Å². The van der Waals surface area contributed by atoms with E-state index in [4.69, 9.17) is 16.3 Å². The van der Waals surface area contributed by atoms with E-state index in [2.05, 4.69) is 10.6 Å². The number of halogens is 1. The van der Waals surface area contributed by atoms with Crippen LogP contribution in [0.4, 0.5) is 4.79 Å². The van der Waals surface area contributed by atoms with Gasteiger partial charge < -0.3 is 15.4 Å². The minimum absolute atomic E-state index is 0.00585. The minimum atomic E-state index is -3.10. The van der Waals surface area contributed by atoms with Gasteiger partial charge in [-0.2, -0.15) is 0 Å². The molecule has 0 saturated carbocycles. The number of urea groups is 1. The first-order valence-corrected chi connectivity index (χ1v) is 9.99. The van der Waals surface area contributed by atoms with Gasteiger partial charge in [0.25, 0.3) is 0 Å². The van der Waals surface area contributed by atoms with Crippen molar-refractivity contribution in [1.82, 2.24) is 10.6 Å². The van der Waals surface area contributed by atoms with E-state index in [-0.39, 0.29) is 23.1 Å². The molecule has 0 aromatic heterocycles. The molecule has 8 heteroatoms. The number of hydrogen-bond donors (Lipinski definition) is 2. The van der Waals surface area contributed by atoms with Crippen molar-refractivity contribution < 1.29 is 17.9 Å². The Labute approximate surface area is 147 Å². The summed E-state index contributed by atoms with van der Waals surface area (Å²) in [7, 11) is -1.53. The molecule has 1 saturated heterocycles. The van der Waals surface area contributed by atoms with Crippen molar-refractivity contribution >= 4 is 27.5 Å². The maximum Gasteiger partial charge on any atom is 0.315 e. The molecule has 2 N–H and O–H groups in total. The molecule has 6 nitrogen and oxygen atoms in total. The molecule has 2 amide bonds. The van der Waals surface area contributed by atoms with Crippen LogP contribution in [-0.4, -0.2) is 45.1 Å². The topological polar surface area (TPSA) is 84.5 Å². The molecule has 24 heavy (non-hydrogen) atoms. The molecule has 0 spiro atoms. The molecule has 1 aromatic carbocycles. The third-order valence-electron chi connectivity index (χ3n) is 4.24. The van der Waals surface area contributed by atoms with Gasteiger partial charge in [-0.3, -0.25) is 0 Å². The maximum absolute atomic E-state index is 11.9. The van der Waals surface area contributed by atoms with Crippen LogP contribution in [0.1, 0.15) is 25.3 Å². The van der Waals surface area contributed by atoms with Crippen LogP contribution in [0.25, 0.3) is 0 Å². The Balaban J connectivity index is 1.78. The lowest BCUT2D eigenvalue weighted by Gasteiger charge is -2.27. The number of rotatable bonds is 5. The molecule has 0 radical (unpaired) electrons. The Morgan fingerprint density at radius 1 is 1.38 bits per heavy atom. The molecule has 2 rings (SSSR count). The third-order valence-corrected chi connectivity index (χ3v) is 6.92. The van der Waals surface area contributed by atoms with Crippen molar-refractivity contribution in [2.45, 2.75) is 37.5 Å². The monoisotopic (exact) mass is 374 g/mol.